The van der Waals surface area contributed by atoms with E-state index in [1.54, 1.807) is 23.0 Å². The highest BCUT2D eigenvalue weighted by Gasteiger charge is 2.33. The number of nitrogens with zero attached hydrogens (tertiary/aromatic N) is 4. The van der Waals surface area contributed by atoms with E-state index in [1.165, 1.54) is 6.07 Å². The molecule has 7 heteroatoms. The van der Waals surface area contributed by atoms with Gasteiger partial charge in [-0.2, -0.15) is 5.10 Å². The lowest BCUT2D eigenvalue weighted by molar-refractivity contribution is 0.0672. The molecule has 5 nitrogen and oxygen atoms in total. The Morgan fingerprint density at radius 3 is 2.70 bits per heavy atom. The largest absolute Gasteiger partial charge is 0.330 e. The summed E-state index contributed by atoms with van der Waals surface area (Å²) < 4.78 is 15.4. The zero-order chi connectivity index (χ0) is 21.4. The van der Waals surface area contributed by atoms with E-state index >= 15 is 0 Å². The van der Waals surface area contributed by atoms with Crippen LogP contribution in [0.1, 0.15) is 21.5 Å². The Morgan fingerprint density at radius 1 is 1.23 bits per heavy atom. The molecule has 1 aromatic heterocycles. The van der Waals surface area contributed by atoms with Gasteiger partial charge in [0.15, 0.2) is 0 Å². The molecule has 0 aliphatic carbocycles. The Kier molecular flexibility index (Phi) is 5.62. The van der Waals surface area contributed by atoms with Gasteiger partial charge >= 0.3 is 0 Å². The predicted octanol–water partition coefficient (Wildman–Crippen LogP) is 4.01. The van der Waals surface area contributed by atoms with Gasteiger partial charge in [0.1, 0.15) is 5.82 Å². The summed E-state index contributed by atoms with van der Waals surface area (Å²) in [5.41, 5.74) is 4.32. The molecule has 2 aromatic carbocycles. The zero-order valence-electron chi connectivity index (χ0n) is 17.3. The number of likely N-dealkylation sites (N-methyl/N-ethyl adjacent to an activating group) is 1. The lowest BCUT2D eigenvalue weighted by Crippen LogP contribution is -2.43. The molecule has 2 heterocycles. The van der Waals surface area contributed by atoms with Gasteiger partial charge in [0, 0.05) is 37.3 Å². The fraction of sp³-hybridized carbons (Fsp3) is 0.304. The number of fused-ring (bicyclic) bond motifs is 1. The van der Waals surface area contributed by atoms with Crippen molar-refractivity contribution < 1.29 is 9.18 Å². The third kappa shape index (κ3) is 3.98. The third-order valence-electron chi connectivity index (χ3n) is 5.48. The van der Waals surface area contributed by atoms with E-state index in [0.29, 0.717) is 30.1 Å². The first-order valence-corrected chi connectivity index (χ1v) is 10.2. The van der Waals surface area contributed by atoms with Crippen molar-refractivity contribution in [1.29, 1.82) is 0 Å². The lowest BCUT2D eigenvalue weighted by atomic mass is 10.0. The van der Waals surface area contributed by atoms with Crippen LogP contribution >= 0.6 is 11.6 Å². The molecule has 1 aliphatic rings. The van der Waals surface area contributed by atoms with Gasteiger partial charge in [0.25, 0.3) is 5.91 Å². The van der Waals surface area contributed by atoms with Crippen LogP contribution < -0.4 is 0 Å². The number of halogens is 2. The molecule has 0 bridgehead atoms. The first-order chi connectivity index (χ1) is 14.3. The summed E-state index contributed by atoms with van der Waals surface area (Å²) in [6.45, 7) is 1.21. The van der Waals surface area contributed by atoms with Crippen LogP contribution in [0.15, 0.2) is 48.7 Å². The summed E-state index contributed by atoms with van der Waals surface area (Å²) in [5.74, 6) is -0.249. The van der Waals surface area contributed by atoms with Crippen molar-refractivity contribution in [3.63, 3.8) is 0 Å². The Balaban J connectivity index is 1.63. The molecule has 1 atom stereocenters. The fourth-order valence-electron chi connectivity index (χ4n) is 4.15. The average molecular weight is 427 g/mol. The topological polar surface area (TPSA) is 41.4 Å². The van der Waals surface area contributed by atoms with Gasteiger partial charge in [0.05, 0.1) is 16.9 Å². The van der Waals surface area contributed by atoms with Crippen molar-refractivity contribution in [2.45, 2.75) is 19.0 Å². The first kappa shape index (κ1) is 20.6. The second-order valence-electron chi connectivity index (χ2n) is 8.02. The Labute approximate surface area is 180 Å². The smallest absolute Gasteiger partial charge is 0.254 e. The maximum absolute atomic E-state index is 13.7. The van der Waals surface area contributed by atoms with Crippen molar-refractivity contribution in [1.82, 2.24) is 19.6 Å². The summed E-state index contributed by atoms with van der Waals surface area (Å²) in [6.07, 6.45) is 2.21. The molecular weight excluding hydrogens is 403 g/mol. The number of hydrogen-bond donors (Lipinski definition) is 0. The molecule has 0 N–H and O–H groups in total. The average Bonchev–Trinajstić information content (AvgIpc) is 3.19. The Hall–Kier alpha value is -2.70. The molecular formula is C23H24ClFN4O. The predicted molar refractivity (Wildman–Crippen MR) is 116 cm³/mol. The van der Waals surface area contributed by atoms with Crippen LogP contribution in [0.2, 0.25) is 5.02 Å². The van der Waals surface area contributed by atoms with Crippen molar-refractivity contribution in [2.24, 2.45) is 7.05 Å². The molecule has 0 spiro atoms. The van der Waals surface area contributed by atoms with Crippen molar-refractivity contribution in [3.05, 3.63) is 76.2 Å². The summed E-state index contributed by atoms with van der Waals surface area (Å²) in [4.78, 5) is 17.1. The highest BCUT2D eigenvalue weighted by atomic mass is 35.5. The molecule has 0 saturated carbocycles. The van der Waals surface area contributed by atoms with Crippen LogP contribution in [0.25, 0.3) is 11.3 Å². The Morgan fingerprint density at radius 2 is 2.03 bits per heavy atom. The van der Waals surface area contributed by atoms with E-state index in [9.17, 15) is 9.18 Å². The van der Waals surface area contributed by atoms with Gasteiger partial charge in [-0.05, 0) is 55.9 Å². The summed E-state index contributed by atoms with van der Waals surface area (Å²) >= 11 is 6.30. The molecule has 0 saturated heterocycles. The van der Waals surface area contributed by atoms with Gasteiger partial charge < -0.3 is 9.80 Å². The van der Waals surface area contributed by atoms with Crippen LogP contribution in [-0.2, 0) is 20.0 Å². The molecule has 3 aromatic rings. The van der Waals surface area contributed by atoms with E-state index in [4.69, 9.17) is 11.6 Å². The van der Waals surface area contributed by atoms with Gasteiger partial charge in [-0.3, -0.25) is 9.48 Å². The van der Waals surface area contributed by atoms with Crippen LogP contribution in [0, 0.1) is 5.82 Å². The highest BCUT2D eigenvalue weighted by Crippen LogP contribution is 2.33. The van der Waals surface area contributed by atoms with Crippen molar-refractivity contribution in [3.8, 4) is 11.3 Å². The van der Waals surface area contributed by atoms with E-state index < -0.39 is 0 Å². The number of hydrogen-bond acceptors (Lipinski definition) is 3. The number of carbonyl (C=O) groups excluding carboxylic acids is 1. The lowest BCUT2D eigenvalue weighted by Gasteiger charge is -2.30. The maximum atomic E-state index is 13.7. The monoisotopic (exact) mass is 426 g/mol. The number of carbonyl (C=O) groups is 1. The minimum Gasteiger partial charge on any atom is -0.330 e. The zero-order valence-corrected chi connectivity index (χ0v) is 18.0. The molecule has 1 aliphatic heterocycles. The molecule has 0 radical (unpaired) electrons. The standard InChI is InChI=1S/C23H24ClFN4O/c1-27(2)14-19(10-15-5-4-6-18(25)9-15)29-13-17-11-16(7-8-20(17)23(29)30)22-21(24)12-26-28(22)3/h4-9,11-12,19H,10,13-14H2,1-3H3/t19-/m0/s1. The number of aromatic nitrogens is 2. The molecule has 30 heavy (non-hydrogen) atoms. The molecule has 1 amide bonds. The summed E-state index contributed by atoms with van der Waals surface area (Å²) in [6, 6.07) is 12.3. The number of amides is 1. The highest BCUT2D eigenvalue weighted by molar-refractivity contribution is 6.33. The van der Waals surface area contributed by atoms with Gasteiger partial charge in [-0.15, -0.1) is 0 Å². The molecule has 156 valence electrons. The number of rotatable bonds is 6. The minimum atomic E-state index is -0.259. The van der Waals surface area contributed by atoms with Crippen LogP contribution in [-0.4, -0.2) is 52.2 Å². The second-order valence-corrected chi connectivity index (χ2v) is 8.43. The minimum absolute atomic E-state index is 0.0101. The maximum Gasteiger partial charge on any atom is 0.254 e. The summed E-state index contributed by atoms with van der Waals surface area (Å²) in [5, 5.41) is 4.78. The van der Waals surface area contributed by atoms with Gasteiger partial charge in [-0.25, -0.2) is 4.39 Å². The number of aryl methyl sites for hydroxylation is 1. The SMILES string of the molecule is CN(C)C[C@H](Cc1cccc(F)c1)N1Cc2cc(-c3c(Cl)cnn3C)ccc2C1=O. The van der Waals surface area contributed by atoms with E-state index in [1.807, 2.05) is 50.3 Å². The van der Waals surface area contributed by atoms with Crippen molar-refractivity contribution >= 4 is 17.5 Å². The van der Waals surface area contributed by atoms with Crippen LogP contribution in [0.4, 0.5) is 4.39 Å². The van der Waals surface area contributed by atoms with Gasteiger partial charge in [0.2, 0.25) is 0 Å². The Bertz CT molecular complexity index is 1080. The quantitative estimate of drug-likeness (QED) is 0.598. The second kappa shape index (κ2) is 8.20. The molecule has 0 fully saturated rings. The van der Waals surface area contributed by atoms with Crippen LogP contribution in [0.3, 0.4) is 0 Å². The van der Waals surface area contributed by atoms with E-state index in [2.05, 4.69) is 10.00 Å². The normalized spacial score (nSPS) is 14.5. The molecule has 4 rings (SSSR count). The van der Waals surface area contributed by atoms with E-state index in [-0.39, 0.29) is 17.8 Å². The molecule has 0 unspecified atom stereocenters. The number of benzene rings is 2. The van der Waals surface area contributed by atoms with Gasteiger partial charge in [-0.1, -0.05) is 29.8 Å². The first-order valence-electron chi connectivity index (χ1n) is 9.84. The van der Waals surface area contributed by atoms with Crippen LogP contribution in [0.5, 0.6) is 0 Å². The summed E-state index contributed by atoms with van der Waals surface area (Å²) in [7, 11) is 5.81. The van der Waals surface area contributed by atoms with E-state index in [0.717, 1.165) is 22.4 Å². The van der Waals surface area contributed by atoms with Crippen molar-refractivity contribution in [2.75, 3.05) is 20.6 Å². The third-order valence-corrected chi connectivity index (χ3v) is 5.76. The fourth-order valence-corrected chi connectivity index (χ4v) is 4.43.